The fourth-order valence-corrected chi connectivity index (χ4v) is 3.08. The maximum atomic E-state index is 12.2. The molecule has 0 saturated heterocycles. The number of thiazole rings is 1. The second kappa shape index (κ2) is 6.24. The van der Waals surface area contributed by atoms with E-state index in [0.717, 1.165) is 41.5 Å². The van der Waals surface area contributed by atoms with Gasteiger partial charge in [-0.05, 0) is 43.1 Å². The van der Waals surface area contributed by atoms with Crippen LogP contribution in [-0.4, -0.2) is 24.0 Å². The van der Waals surface area contributed by atoms with E-state index in [0.29, 0.717) is 18.7 Å². The van der Waals surface area contributed by atoms with Gasteiger partial charge in [-0.15, -0.1) is 11.3 Å². The van der Waals surface area contributed by atoms with Crippen LogP contribution in [0.25, 0.3) is 0 Å². The monoisotopic (exact) mass is 303 g/mol. The van der Waals surface area contributed by atoms with Crippen molar-refractivity contribution in [3.63, 3.8) is 0 Å². The van der Waals surface area contributed by atoms with Gasteiger partial charge in [0.15, 0.2) is 0 Å². The van der Waals surface area contributed by atoms with Gasteiger partial charge in [0, 0.05) is 17.5 Å². The van der Waals surface area contributed by atoms with Crippen LogP contribution >= 0.6 is 11.3 Å². The minimum Gasteiger partial charge on any atom is -0.493 e. The Kier molecular flexibility index (Phi) is 4.17. The lowest BCUT2D eigenvalue weighted by molar-refractivity contribution is 0.102. The summed E-state index contributed by atoms with van der Waals surface area (Å²) in [6, 6.07) is 5.74. The number of fused-ring (bicyclic) bond motifs is 1. The van der Waals surface area contributed by atoms with E-state index in [4.69, 9.17) is 10.5 Å². The van der Waals surface area contributed by atoms with Crippen LogP contribution in [0.3, 0.4) is 0 Å². The van der Waals surface area contributed by atoms with Crippen molar-refractivity contribution >= 4 is 22.9 Å². The van der Waals surface area contributed by atoms with Gasteiger partial charge in [-0.3, -0.25) is 4.79 Å². The molecule has 1 amide bonds. The second-order valence-corrected chi connectivity index (χ2v) is 5.84. The van der Waals surface area contributed by atoms with E-state index < -0.39 is 0 Å². The number of aromatic nitrogens is 1. The summed E-state index contributed by atoms with van der Waals surface area (Å²) in [5.41, 5.74) is 7.85. The molecule has 0 atom stereocenters. The molecule has 0 spiro atoms. The first-order valence-electron chi connectivity index (χ1n) is 6.98. The average Bonchev–Trinajstić information content (AvgIpc) is 2.96. The third kappa shape index (κ3) is 3.22. The van der Waals surface area contributed by atoms with Crippen LogP contribution in [-0.2, 0) is 12.8 Å². The highest BCUT2D eigenvalue weighted by atomic mass is 32.1. The van der Waals surface area contributed by atoms with Crippen LogP contribution in [0.1, 0.15) is 27.5 Å². The van der Waals surface area contributed by atoms with Crippen LogP contribution in [0.15, 0.2) is 23.6 Å². The van der Waals surface area contributed by atoms with E-state index in [2.05, 4.69) is 10.3 Å². The van der Waals surface area contributed by atoms with Gasteiger partial charge < -0.3 is 15.8 Å². The van der Waals surface area contributed by atoms with E-state index in [9.17, 15) is 4.79 Å². The number of hydrogen-bond donors (Lipinski definition) is 2. The van der Waals surface area contributed by atoms with Crippen LogP contribution in [0.4, 0.5) is 5.69 Å². The smallest absolute Gasteiger partial charge is 0.275 e. The number of benzene rings is 1. The zero-order valence-corrected chi connectivity index (χ0v) is 12.4. The standard InChI is InChI=1S/C15H17N3O2S/c16-6-5-14-18-12(9-21-14)15(19)17-11-3-4-13-10(8-11)2-1-7-20-13/h3-4,8-9H,1-2,5-7,16H2,(H,17,19). The van der Waals surface area contributed by atoms with Gasteiger partial charge in [-0.1, -0.05) is 0 Å². The fourth-order valence-electron chi connectivity index (χ4n) is 2.29. The molecule has 0 saturated carbocycles. The Morgan fingerprint density at radius 1 is 1.48 bits per heavy atom. The Morgan fingerprint density at radius 2 is 2.38 bits per heavy atom. The summed E-state index contributed by atoms with van der Waals surface area (Å²) < 4.78 is 5.56. The number of nitrogens with one attached hydrogen (secondary N) is 1. The number of anilines is 1. The summed E-state index contributed by atoms with van der Waals surface area (Å²) in [7, 11) is 0. The van der Waals surface area contributed by atoms with Gasteiger partial charge in [0.25, 0.3) is 5.91 Å². The van der Waals surface area contributed by atoms with Crippen molar-refractivity contribution in [2.75, 3.05) is 18.5 Å². The topological polar surface area (TPSA) is 77.2 Å². The Balaban J connectivity index is 1.71. The van der Waals surface area contributed by atoms with Gasteiger partial charge in [0.1, 0.15) is 11.4 Å². The van der Waals surface area contributed by atoms with Crippen LogP contribution < -0.4 is 15.8 Å². The van der Waals surface area contributed by atoms with Crippen molar-refractivity contribution in [1.82, 2.24) is 4.98 Å². The molecule has 1 aliphatic rings. The molecule has 0 aliphatic carbocycles. The highest BCUT2D eigenvalue weighted by molar-refractivity contribution is 7.09. The lowest BCUT2D eigenvalue weighted by atomic mass is 10.1. The summed E-state index contributed by atoms with van der Waals surface area (Å²) in [4.78, 5) is 16.5. The number of rotatable bonds is 4. The molecule has 0 unspecified atom stereocenters. The number of carbonyl (C=O) groups excluding carboxylic acids is 1. The lowest BCUT2D eigenvalue weighted by Crippen LogP contribution is -2.14. The van der Waals surface area contributed by atoms with Gasteiger partial charge in [-0.25, -0.2) is 4.98 Å². The summed E-state index contributed by atoms with van der Waals surface area (Å²) >= 11 is 1.46. The van der Waals surface area contributed by atoms with E-state index in [-0.39, 0.29) is 5.91 Å². The number of ether oxygens (including phenoxy) is 1. The number of hydrogen-bond acceptors (Lipinski definition) is 5. The molecule has 3 rings (SSSR count). The predicted molar refractivity (Wildman–Crippen MR) is 83.1 cm³/mol. The quantitative estimate of drug-likeness (QED) is 0.908. The molecule has 21 heavy (non-hydrogen) atoms. The Morgan fingerprint density at radius 3 is 3.24 bits per heavy atom. The van der Waals surface area contributed by atoms with Crippen molar-refractivity contribution in [1.29, 1.82) is 0 Å². The summed E-state index contributed by atoms with van der Waals surface area (Å²) in [5.74, 6) is 0.726. The van der Waals surface area contributed by atoms with Crippen molar-refractivity contribution in [2.24, 2.45) is 5.73 Å². The minimum atomic E-state index is -0.189. The molecule has 3 N–H and O–H groups in total. The number of nitrogens with two attached hydrogens (primary N) is 1. The lowest BCUT2D eigenvalue weighted by Gasteiger charge is -2.17. The van der Waals surface area contributed by atoms with Gasteiger partial charge in [0.2, 0.25) is 0 Å². The molecule has 2 aromatic rings. The van der Waals surface area contributed by atoms with E-state index in [1.54, 1.807) is 5.38 Å². The molecule has 6 heteroatoms. The van der Waals surface area contributed by atoms with Crippen molar-refractivity contribution in [3.05, 3.63) is 39.8 Å². The molecule has 1 aliphatic heterocycles. The number of nitrogens with zero attached hydrogens (tertiary/aromatic N) is 1. The first-order valence-corrected chi connectivity index (χ1v) is 7.86. The SMILES string of the molecule is NCCc1nc(C(=O)Nc2ccc3c(c2)CCCO3)cs1. The molecule has 0 bridgehead atoms. The fraction of sp³-hybridized carbons (Fsp3) is 0.333. The third-order valence-corrected chi connectivity index (χ3v) is 4.22. The zero-order chi connectivity index (χ0) is 14.7. The molecule has 0 fully saturated rings. The van der Waals surface area contributed by atoms with Crippen LogP contribution in [0, 0.1) is 0 Å². The number of carbonyl (C=O) groups is 1. The molecule has 5 nitrogen and oxygen atoms in total. The molecular weight excluding hydrogens is 286 g/mol. The molecule has 0 radical (unpaired) electrons. The summed E-state index contributed by atoms with van der Waals surface area (Å²) in [6.07, 6.45) is 2.70. The summed E-state index contributed by atoms with van der Waals surface area (Å²) in [6.45, 7) is 1.31. The maximum absolute atomic E-state index is 12.2. The Hall–Kier alpha value is -1.92. The van der Waals surface area contributed by atoms with Crippen molar-refractivity contribution < 1.29 is 9.53 Å². The van der Waals surface area contributed by atoms with Gasteiger partial charge >= 0.3 is 0 Å². The first kappa shape index (κ1) is 14.0. The van der Waals surface area contributed by atoms with Crippen molar-refractivity contribution in [2.45, 2.75) is 19.3 Å². The molecular formula is C15H17N3O2S. The zero-order valence-electron chi connectivity index (χ0n) is 11.6. The molecule has 2 heterocycles. The number of aryl methyl sites for hydroxylation is 1. The van der Waals surface area contributed by atoms with E-state index in [1.807, 2.05) is 18.2 Å². The average molecular weight is 303 g/mol. The largest absolute Gasteiger partial charge is 0.493 e. The van der Waals surface area contributed by atoms with E-state index >= 15 is 0 Å². The molecule has 110 valence electrons. The second-order valence-electron chi connectivity index (χ2n) is 4.89. The highest BCUT2D eigenvalue weighted by Crippen LogP contribution is 2.27. The van der Waals surface area contributed by atoms with Crippen molar-refractivity contribution in [3.8, 4) is 5.75 Å². The van der Waals surface area contributed by atoms with E-state index in [1.165, 1.54) is 11.3 Å². The van der Waals surface area contributed by atoms with Crippen LogP contribution in [0.5, 0.6) is 5.75 Å². The summed E-state index contributed by atoms with van der Waals surface area (Å²) in [5, 5.41) is 5.54. The molecule has 1 aromatic carbocycles. The van der Waals surface area contributed by atoms with Gasteiger partial charge in [0.05, 0.1) is 11.6 Å². The number of amides is 1. The van der Waals surface area contributed by atoms with Gasteiger partial charge in [-0.2, -0.15) is 0 Å². The Labute approximate surface area is 127 Å². The molecule has 1 aromatic heterocycles. The first-order chi connectivity index (χ1) is 10.3. The highest BCUT2D eigenvalue weighted by Gasteiger charge is 2.14. The predicted octanol–water partition coefficient (Wildman–Crippen LogP) is 2.22. The van der Waals surface area contributed by atoms with Crippen LogP contribution in [0.2, 0.25) is 0 Å². The third-order valence-electron chi connectivity index (χ3n) is 3.31. The minimum absolute atomic E-state index is 0.189. The normalized spacial score (nSPS) is 13.4. The Bertz CT molecular complexity index is 654. The maximum Gasteiger partial charge on any atom is 0.275 e.